The van der Waals surface area contributed by atoms with E-state index < -0.39 is 17.6 Å². The SMILES string of the molecule is CC(=O)Nc1ccc(NC2=C(c3ccc(F)cc3)C(=O)N(Cc3ccco3)C2=O)cc1. The van der Waals surface area contributed by atoms with E-state index in [4.69, 9.17) is 4.42 Å². The Morgan fingerprint density at radius 2 is 1.65 bits per heavy atom. The third-order valence-electron chi connectivity index (χ3n) is 4.67. The molecule has 2 N–H and O–H groups in total. The number of nitrogens with one attached hydrogen (secondary N) is 2. The van der Waals surface area contributed by atoms with Gasteiger partial charge < -0.3 is 15.1 Å². The molecule has 0 saturated heterocycles. The van der Waals surface area contributed by atoms with E-state index in [0.29, 0.717) is 22.7 Å². The van der Waals surface area contributed by atoms with Gasteiger partial charge in [0.15, 0.2) is 0 Å². The summed E-state index contributed by atoms with van der Waals surface area (Å²) in [5.74, 6) is -1.22. The van der Waals surface area contributed by atoms with Gasteiger partial charge in [0.2, 0.25) is 5.91 Å². The summed E-state index contributed by atoms with van der Waals surface area (Å²) >= 11 is 0. The Morgan fingerprint density at radius 3 is 2.26 bits per heavy atom. The minimum Gasteiger partial charge on any atom is -0.467 e. The van der Waals surface area contributed by atoms with Crippen molar-refractivity contribution in [2.45, 2.75) is 13.5 Å². The Labute approximate surface area is 177 Å². The number of hydrogen-bond donors (Lipinski definition) is 2. The summed E-state index contributed by atoms with van der Waals surface area (Å²) in [5, 5.41) is 5.66. The molecule has 0 unspecified atom stereocenters. The molecule has 1 aromatic heterocycles. The summed E-state index contributed by atoms with van der Waals surface area (Å²) < 4.78 is 18.7. The maximum atomic E-state index is 13.4. The lowest BCUT2D eigenvalue weighted by atomic mass is 10.0. The van der Waals surface area contributed by atoms with Crippen LogP contribution in [-0.4, -0.2) is 22.6 Å². The predicted molar refractivity (Wildman–Crippen MR) is 112 cm³/mol. The standard InChI is InChI=1S/C23H18FN3O4/c1-14(28)25-17-8-10-18(11-9-17)26-21-20(15-4-6-16(24)7-5-15)22(29)27(23(21)30)13-19-3-2-12-31-19/h2-12,26H,13H2,1H3,(H,25,28). The van der Waals surface area contributed by atoms with Crippen molar-refractivity contribution in [1.29, 1.82) is 0 Å². The fraction of sp³-hybridized carbons (Fsp3) is 0.0870. The number of halogens is 1. The van der Waals surface area contributed by atoms with Crippen molar-refractivity contribution in [3.63, 3.8) is 0 Å². The van der Waals surface area contributed by atoms with Crippen LogP contribution in [0, 0.1) is 5.82 Å². The van der Waals surface area contributed by atoms with E-state index in [-0.39, 0.29) is 23.7 Å². The summed E-state index contributed by atoms with van der Waals surface area (Å²) in [6.07, 6.45) is 1.46. The molecule has 0 radical (unpaired) electrons. The summed E-state index contributed by atoms with van der Waals surface area (Å²) in [4.78, 5) is 38.5. The van der Waals surface area contributed by atoms with Crippen molar-refractivity contribution in [1.82, 2.24) is 4.90 Å². The van der Waals surface area contributed by atoms with Crippen LogP contribution >= 0.6 is 0 Å². The van der Waals surface area contributed by atoms with E-state index in [1.54, 1.807) is 36.4 Å². The first-order valence-electron chi connectivity index (χ1n) is 9.46. The summed E-state index contributed by atoms with van der Waals surface area (Å²) in [5.41, 5.74) is 1.78. The Kier molecular flexibility index (Phi) is 5.36. The molecule has 8 heteroatoms. The van der Waals surface area contributed by atoms with Gasteiger partial charge in [-0.25, -0.2) is 4.39 Å². The fourth-order valence-corrected chi connectivity index (χ4v) is 3.26. The number of hydrogen-bond acceptors (Lipinski definition) is 5. The smallest absolute Gasteiger partial charge is 0.278 e. The van der Waals surface area contributed by atoms with Crippen molar-refractivity contribution >= 4 is 34.7 Å². The number of benzene rings is 2. The number of amides is 3. The molecule has 0 aliphatic carbocycles. The molecule has 0 atom stereocenters. The van der Waals surface area contributed by atoms with Gasteiger partial charge in [0.1, 0.15) is 17.3 Å². The second-order valence-corrected chi connectivity index (χ2v) is 6.92. The van der Waals surface area contributed by atoms with Crippen LogP contribution in [0.4, 0.5) is 15.8 Å². The molecule has 0 bridgehead atoms. The molecule has 2 heterocycles. The first-order valence-corrected chi connectivity index (χ1v) is 9.46. The highest BCUT2D eigenvalue weighted by Gasteiger charge is 2.39. The van der Waals surface area contributed by atoms with E-state index in [1.165, 1.54) is 37.5 Å². The van der Waals surface area contributed by atoms with Crippen LogP contribution in [0.15, 0.2) is 77.0 Å². The molecule has 1 aliphatic rings. The Morgan fingerprint density at radius 1 is 0.968 bits per heavy atom. The lowest BCUT2D eigenvalue weighted by Gasteiger charge is -2.13. The molecular weight excluding hydrogens is 401 g/mol. The number of anilines is 2. The zero-order chi connectivity index (χ0) is 22.0. The Hall–Kier alpha value is -4.20. The van der Waals surface area contributed by atoms with Gasteiger partial charge in [-0.3, -0.25) is 19.3 Å². The molecule has 0 saturated carbocycles. The molecule has 31 heavy (non-hydrogen) atoms. The van der Waals surface area contributed by atoms with Gasteiger partial charge in [-0.05, 0) is 54.1 Å². The van der Waals surface area contributed by atoms with Gasteiger partial charge >= 0.3 is 0 Å². The maximum Gasteiger partial charge on any atom is 0.278 e. The van der Waals surface area contributed by atoms with E-state index in [0.717, 1.165) is 4.90 Å². The molecule has 0 fully saturated rings. The van der Waals surface area contributed by atoms with Crippen LogP contribution in [0.5, 0.6) is 0 Å². The highest BCUT2D eigenvalue weighted by molar-refractivity contribution is 6.36. The van der Waals surface area contributed by atoms with Crippen LogP contribution in [0.1, 0.15) is 18.2 Å². The minimum absolute atomic E-state index is 0.0258. The van der Waals surface area contributed by atoms with Gasteiger partial charge in [-0.1, -0.05) is 12.1 Å². The number of rotatable bonds is 6. The molecule has 2 aromatic carbocycles. The topological polar surface area (TPSA) is 91.7 Å². The van der Waals surface area contributed by atoms with Crippen molar-refractivity contribution in [2.24, 2.45) is 0 Å². The number of carbonyl (C=O) groups is 3. The van der Waals surface area contributed by atoms with Crippen LogP contribution in [0.25, 0.3) is 5.57 Å². The van der Waals surface area contributed by atoms with Gasteiger partial charge in [0, 0.05) is 18.3 Å². The fourth-order valence-electron chi connectivity index (χ4n) is 3.26. The first-order chi connectivity index (χ1) is 14.9. The van der Waals surface area contributed by atoms with Crippen LogP contribution in [0.2, 0.25) is 0 Å². The van der Waals surface area contributed by atoms with E-state index >= 15 is 0 Å². The highest BCUT2D eigenvalue weighted by Crippen LogP contribution is 2.32. The number of carbonyl (C=O) groups excluding carboxylic acids is 3. The van der Waals surface area contributed by atoms with Crippen LogP contribution < -0.4 is 10.6 Å². The van der Waals surface area contributed by atoms with Gasteiger partial charge in [-0.2, -0.15) is 0 Å². The van der Waals surface area contributed by atoms with E-state index in [9.17, 15) is 18.8 Å². The average Bonchev–Trinajstić information content (AvgIpc) is 3.33. The van der Waals surface area contributed by atoms with Crippen molar-refractivity contribution in [2.75, 3.05) is 10.6 Å². The molecule has 156 valence electrons. The summed E-state index contributed by atoms with van der Waals surface area (Å²) in [6.45, 7) is 1.38. The van der Waals surface area contributed by atoms with Gasteiger partial charge in [-0.15, -0.1) is 0 Å². The minimum atomic E-state index is -0.522. The molecule has 4 rings (SSSR count). The highest BCUT2D eigenvalue weighted by atomic mass is 19.1. The first kappa shape index (κ1) is 20.1. The molecular formula is C23H18FN3O4. The summed E-state index contributed by atoms with van der Waals surface area (Å²) in [6, 6.07) is 15.4. The van der Waals surface area contributed by atoms with Crippen LogP contribution in [0.3, 0.4) is 0 Å². The second kappa shape index (κ2) is 8.27. The molecule has 1 aliphatic heterocycles. The van der Waals surface area contributed by atoms with Crippen molar-refractivity contribution in [3.05, 3.63) is 89.8 Å². The number of imide groups is 1. The quantitative estimate of drug-likeness (QED) is 0.594. The Bertz CT molecular complexity index is 1170. The molecule has 3 aromatic rings. The van der Waals surface area contributed by atoms with Crippen molar-refractivity contribution in [3.8, 4) is 0 Å². The summed E-state index contributed by atoms with van der Waals surface area (Å²) in [7, 11) is 0. The van der Waals surface area contributed by atoms with E-state index in [2.05, 4.69) is 10.6 Å². The zero-order valence-corrected chi connectivity index (χ0v) is 16.5. The van der Waals surface area contributed by atoms with Crippen LogP contribution in [-0.2, 0) is 20.9 Å². The number of nitrogens with zero attached hydrogens (tertiary/aromatic N) is 1. The Balaban J connectivity index is 1.68. The third kappa shape index (κ3) is 4.23. The lowest BCUT2D eigenvalue weighted by Crippen LogP contribution is -2.31. The van der Waals surface area contributed by atoms with E-state index in [1.807, 2.05) is 0 Å². The van der Waals surface area contributed by atoms with Crippen molar-refractivity contribution < 1.29 is 23.2 Å². The monoisotopic (exact) mass is 419 g/mol. The lowest BCUT2D eigenvalue weighted by molar-refractivity contribution is -0.137. The number of furan rings is 1. The predicted octanol–water partition coefficient (Wildman–Crippen LogP) is 3.77. The zero-order valence-electron chi connectivity index (χ0n) is 16.5. The largest absolute Gasteiger partial charge is 0.467 e. The third-order valence-corrected chi connectivity index (χ3v) is 4.67. The normalized spacial score (nSPS) is 13.7. The molecule has 3 amide bonds. The average molecular weight is 419 g/mol. The molecule has 7 nitrogen and oxygen atoms in total. The maximum absolute atomic E-state index is 13.4. The second-order valence-electron chi connectivity index (χ2n) is 6.92. The van der Waals surface area contributed by atoms with Gasteiger partial charge in [0.05, 0.1) is 18.4 Å². The molecule has 0 spiro atoms. The van der Waals surface area contributed by atoms with Gasteiger partial charge in [0.25, 0.3) is 11.8 Å².